The highest BCUT2D eigenvalue weighted by molar-refractivity contribution is 7.99. The Kier molecular flexibility index (Phi) is 13.0. The molecule has 12 nitrogen and oxygen atoms in total. The lowest BCUT2D eigenvalue weighted by molar-refractivity contribution is -0.383. The molecule has 2 N–H and O–H groups in total. The number of carbonyl (C=O) groups is 2. The van der Waals surface area contributed by atoms with Gasteiger partial charge >= 0.3 is 5.69 Å². The molecule has 0 saturated carbocycles. The van der Waals surface area contributed by atoms with Crippen LogP contribution in [-0.4, -0.2) is 75.1 Å². The van der Waals surface area contributed by atoms with E-state index < -0.39 is 20.9 Å². The van der Waals surface area contributed by atoms with E-state index in [2.05, 4.69) is 16.1 Å². The molecule has 280 valence electrons. The van der Waals surface area contributed by atoms with E-state index in [1.165, 1.54) is 31.2 Å². The number of thioether (sulfide) groups is 1. The van der Waals surface area contributed by atoms with Gasteiger partial charge in [0.1, 0.15) is 16.3 Å². The first-order valence-electron chi connectivity index (χ1n) is 17.5. The quantitative estimate of drug-likeness (QED) is 0.0756. The van der Waals surface area contributed by atoms with Crippen LogP contribution in [0, 0.1) is 10.1 Å². The number of amides is 2. The van der Waals surface area contributed by atoms with Crippen LogP contribution in [-0.2, 0) is 21.4 Å². The van der Waals surface area contributed by atoms with Gasteiger partial charge in [-0.05, 0) is 67.3 Å². The summed E-state index contributed by atoms with van der Waals surface area (Å²) in [5.41, 5.74) is 1.88. The number of piperidine rings is 1. The summed E-state index contributed by atoms with van der Waals surface area (Å²) < 4.78 is 30.1. The molecule has 53 heavy (non-hydrogen) atoms. The first-order chi connectivity index (χ1) is 25.4. The number of sulfonamides is 1. The molecule has 14 heteroatoms. The minimum atomic E-state index is -4.58. The Morgan fingerprint density at radius 2 is 1.62 bits per heavy atom. The molecule has 1 heterocycles. The molecule has 1 unspecified atom stereocenters. The van der Waals surface area contributed by atoms with Crippen molar-refractivity contribution in [3.8, 4) is 0 Å². The highest BCUT2D eigenvalue weighted by Gasteiger charge is 2.37. The lowest BCUT2D eigenvalue weighted by atomic mass is 10.0. The maximum absolute atomic E-state index is 14.0. The van der Waals surface area contributed by atoms with Gasteiger partial charge in [-0.2, -0.15) is 0 Å². The molecule has 1 aliphatic rings. The van der Waals surface area contributed by atoms with Crippen LogP contribution in [0.5, 0.6) is 0 Å². The van der Waals surface area contributed by atoms with Crippen molar-refractivity contribution in [2.24, 2.45) is 0 Å². The number of nitrogens with one attached hydrogen (secondary N) is 2. The highest BCUT2D eigenvalue weighted by atomic mass is 32.2. The minimum absolute atomic E-state index is 0.0895. The molecular formula is C39H46N6O6S2. The molecule has 0 spiro atoms. The molecule has 5 rings (SSSR count). The fourth-order valence-electron chi connectivity index (χ4n) is 6.42. The average Bonchev–Trinajstić information content (AvgIpc) is 3.15. The predicted octanol–water partition coefficient (Wildman–Crippen LogP) is 6.78. The zero-order chi connectivity index (χ0) is 38.1. The maximum Gasteiger partial charge on any atom is 0.316 e. The molecule has 1 atom stereocenters. The van der Waals surface area contributed by atoms with Gasteiger partial charge in [0, 0.05) is 74.6 Å². The third kappa shape index (κ3) is 9.87. The Morgan fingerprint density at radius 3 is 2.23 bits per heavy atom. The first kappa shape index (κ1) is 39.1. The number of nitro benzene ring substituents is 1. The number of nitrogens with zero attached hydrogens (tertiary/aromatic N) is 4. The molecule has 0 radical (unpaired) electrons. The van der Waals surface area contributed by atoms with E-state index in [0.29, 0.717) is 31.6 Å². The van der Waals surface area contributed by atoms with E-state index in [1.54, 1.807) is 39.8 Å². The minimum Gasteiger partial charge on any atom is -0.378 e. The fraction of sp³-hybridized carbons (Fsp3) is 0.333. The van der Waals surface area contributed by atoms with Crippen molar-refractivity contribution in [1.82, 2.24) is 9.62 Å². The number of carbonyl (C=O) groups excluding carboxylic acids is 2. The molecular weight excluding hydrogens is 713 g/mol. The second-order valence-corrected chi connectivity index (χ2v) is 15.9. The molecule has 0 aromatic heterocycles. The summed E-state index contributed by atoms with van der Waals surface area (Å²) in [5, 5.41) is 16.4. The van der Waals surface area contributed by atoms with Gasteiger partial charge in [-0.1, -0.05) is 61.5 Å². The zero-order valence-corrected chi connectivity index (χ0v) is 32.0. The SMILES string of the molecule is CCC(CSc1cccc(N(C)C)c1)Nc1ccc(S(=O)(=O)NC(=O)c2ccccc2)c(N2CCC(N(Cc3ccccc3)C(C)=O)CC2)c1[N+](=O)[O-]. The van der Waals surface area contributed by atoms with Crippen LogP contribution in [0.2, 0.25) is 0 Å². The van der Waals surface area contributed by atoms with Gasteiger partial charge in [0.25, 0.3) is 15.9 Å². The van der Waals surface area contributed by atoms with Crippen LogP contribution in [0.1, 0.15) is 49.0 Å². The summed E-state index contributed by atoms with van der Waals surface area (Å²) in [4.78, 5) is 44.5. The molecule has 0 aliphatic carbocycles. The number of hydrogen-bond donors (Lipinski definition) is 2. The Hall–Kier alpha value is -5.08. The lowest BCUT2D eigenvalue weighted by Gasteiger charge is -2.39. The van der Waals surface area contributed by atoms with Gasteiger partial charge in [0.2, 0.25) is 5.91 Å². The summed E-state index contributed by atoms with van der Waals surface area (Å²) in [5.74, 6) is -0.339. The van der Waals surface area contributed by atoms with E-state index in [0.717, 1.165) is 16.1 Å². The van der Waals surface area contributed by atoms with Gasteiger partial charge in [-0.15, -0.1) is 11.8 Å². The number of nitro groups is 1. The van der Waals surface area contributed by atoms with E-state index in [4.69, 9.17) is 0 Å². The molecule has 1 aliphatic heterocycles. The topological polar surface area (TPSA) is 145 Å². The van der Waals surface area contributed by atoms with Crippen LogP contribution in [0.4, 0.5) is 22.7 Å². The highest BCUT2D eigenvalue weighted by Crippen LogP contribution is 2.43. The van der Waals surface area contributed by atoms with E-state index in [9.17, 15) is 28.1 Å². The van der Waals surface area contributed by atoms with E-state index in [-0.39, 0.29) is 58.6 Å². The van der Waals surface area contributed by atoms with Crippen molar-refractivity contribution in [3.63, 3.8) is 0 Å². The second kappa shape index (κ2) is 17.6. The molecule has 4 aromatic carbocycles. The summed E-state index contributed by atoms with van der Waals surface area (Å²) in [6.45, 7) is 4.42. The third-order valence-corrected chi connectivity index (χ3v) is 11.8. The van der Waals surface area contributed by atoms with Crippen LogP contribution in [0.3, 0.4) is 0 Å². The third-order valence-electron chi connectivity index (χ3n) is 9.31. The first-order valence-corrected chi connectivity index (χ1v) is 20.0. The van der Waals surface area contributed by atoms with Crippen molar-refractivity contribution in [3.05, 3.63) is 118 Å². The molecule has 0 bridgehead atoms. The standard InChI is InChI=1S/C39H46N6O6S2/c1-5-31(27-52-34-18-12-17-33(25-34)42(3)4)40-35-19-20-36(53(50,51)41-39(47)30-15-10-7-11-16-30)38(37(35)45(48)49)43-23-21-32(22-24-43)44(28(2)46)26-29-13-8-6-9-14-29/h6-20,25,31-32,40H,5,21-24,26-27H2,1-4H3,(H,41,47). The molecule has 4 aromatic rings. The van der Waals surface area contributed by atoms with Gasteiger partial charge < -0.3 is 20.0 Å². The molecule has 1 saturated heterocycles. The molecule has 2 amide bonds. The van der Waals surface area contributed by atoms with E-state index >= 15 is 0 Å². The monoisotopic (exact) mass is 758 g/mol. The Balaban J connectivity index is 1.47. The van der Waals surface area contributed by atoms with Crippen LogP contribution in [0.25, 0.3) is 0 Å². The van der Waals surface area contributed by atoms with Gasteiger partial charge in [-0.25, -0.2) is 13.1 Å². The van der Waals surface area contributed by atoms with Crippen molar-refractivity contribution in [2.75, 3.05) is 48.1 Å². The summed E-state index contributed by atoms with van der Waals surface area (Å²) >= 11 is 1.62. The maximum atomic E-state index is 14.0. The second-order valence-electron chi connectivity index (χ2n) is 13.2. The zero-order valence-electron chi connectivity index (χ0n) is 30.4. The van der Waals surface area contributed by atoms with Crippen molar-refractivity contribution < 1.29 is 22.9 Å². The lowest BCUT2D eigenvalue weighted by Crippen LogP contribution is -2.47. The van der Waals surface area contributed by atoms with E-state index in [1.807, 2.05) is 74.4 Å². The van der Waals surface area contributed by atoms with Crippen LogP contribution >= 0.6 is 11.8 Å². The Morgan fingerprint density at radius 1 is 0.962 bits per heavy atom. The van der Waals surface area contributed by atoms with Gasteiger partial charge in [0.15, 0.2) is 0 Å². The fourth-order valence-corrected chi connectivity index (χ4v) is 8.71. The summed E-state index contributed by atoms with van der Waals surface area (Å²) in [6, 6.07) is 28.1. The largest absolute Gasteiger partial charge is 0.378 e. The number of rotatable bonds is 15. The number of benzene rings is 4. The van der Waals surface area contributed by atoms with Crippen molar-refractivity contribution in [2.45, 2.75) is 61.5 Å². The van der Waals surface area contributed by atoms with Crippen molar-refractivity contribution >= 4 is 56.3 Å². The van der Waals surface area contributed by atoms with Crippen LogP contribution < -0.4 is 19.8 Å². The Bertz CT molecular complexity index is 2010. The number of hydrogen-bond acceptors (Lipinski definition) is 10. The number of anilines is 3. The predicted molar refractivity (Wildman–Crippen MR) is 211 cm³/mol. The van der Waals surface area contributed by atoms with Crippen molar-refractivity contribution in [1.29, 1.82) is 0 Å². The normalized spacial score (nSPS) is 13.9. The Labute approximate surface area is 315 Å². The van der Waals surface area contributed by atoms with Gasteiger partial charge in [-0.3, -0.25) is 19.7 Å². The average molecular weight is 759 g/mol. The summed E-state index contributed by atoms with van der Waals surface area (Å²) in [6.07, 6.45) is 1.56. The summed E-state index contributed by atoms with van der Waals surface area (Å²) in [7, 11) is -0.637. The smallest absolute Gasteiger partial charge is 0.316 e. The van der Waals surface area contributed by atoms with Crippen LogP contribution in [0.15, 0.2) is 107 Å². The van der Waals surface area contributed by atoms with Gasteiger partial charge in [0.05, 0.1) is 4.92 Å². The molecule has 1 fully saturated rings.